The first-order valence-corrected chi connectivity index (χ1v) is 5.62. The number of ketones is 1. The maximum absolute atomic E-state index is 11.4. The lowest BCUT2D eigenvalue weighted by Crippen LogP contribution is -2.43. The maximum Gasteiger partial charge on any atom is 0.174 e. The summed E-state index contributed by atoms with van der Waals surface area (Å²) in [5, 5.41) is 8.85. The first-order chi connectivity index (χ1) is 8.65. The van der Waals surface area contributed by atoms with Gasteiger partial charge < -0.3 is 14.4 Å². The van der Waals surface area contributed by atoms with Crippen LogP contribution in [-0.2, 0) is 4.79 Å². The number of hydrogen-bond donors (Lipinski definition) is 0. The summed E-state index contributed by atoms with van der Waals surface area (Å²) in [6.45, 7) is 2.10. The lowest BCUT2D eigenvalue weighted by Gasteiger charge is -2.33. The highest BCUT2D eigenvalue weighted by Crippen LogP contribution is 2.36. The molecule has 0 aliphatic carbocycles. The van der Waals surface area contributed by atoms with Gasteiger partial charge in [-0.3, -0.25) is 4.79 Å². The van der Waals surface area contributed by atoms with E-state index in [1.54, 1.807) is 19.2 Å². The van der Waals surface area contributed by atoms with Gasteiger partial charge in [0.05, 0.1) is 25.4 Å². The number of carbonyl (C=O) groups excluding carboxylic acids is 1. The van der Waals surface area contributed by atoms with Gasteiger partial charge in [0.2, 0.25) is 0 Å². The number of carbonyl (C=O) groups is 1. The smallest absolute Gasteiger partial charge is 0.174 e. The maximum atomic E-state index is 11.4. The molecule has 0 saturated heterocycles. The summed E-state index contributed by atoms with van der Waals surface area (Å²) in [6.07, 6.45) is -0.515. The number of fused-ring (bicyclic) bond motifs is 1. The van der Waals surface area contributed by atoms with E-state index in [0.717, 1.165) is 5.69 Å². The van der Waals surface area contributed by atoms with Gasteiger partial charge in [-0.25, -0.2) is 0 Å². The van der Waals surface area contributed by atoms with E-state index in [0.29, 0.717) is 18.0 Å². The Morgan fingerprint density at radius 1 is 1.67 bits per heavy atom. The molecule has 94 valence electrons. The molecule has 2 rings (SSSR count). The molecule has 1 aliphatic rings. The Bertz CT molecular complexity index is 507. The van der Waals surface area contributed by atoms with Gasteiger partial charge >= 0.3 is 0 Å². The summed E-state index contributed by atoms with van der Waals surface area (Å²) < 4.78 is 10.8. The van der Waals surface area contributed by atoms with Crippen LogP contribution in [0, 0.1) is 11.3 Å². The van der Waals surface area contributed by atoms with E-state index >= 15 is 0 Å². The Morgan fingerprint density at radius 3 is 3.06 bits per heavy atom. The standard InChI is InChI=1S/C13H14N2O3/c1-9(16)13-8-15(6-5-14)11-7-10(17-2)3-4-12(11)18-13/h3-4,7,13H,6,8H2,1-2H3. The number of nitrogens with zero attached hydrogens (tertiary/aromatic N) is 2. The predicted molar refractivity (Wildman–Crippen MR) is 65.9 cm³/mol. The second-order valence-electron chi connectivity index (χ2n) is 4.09. The van der Waals surface area contributed by atoms with E-state index in [4.69, 9.17) is 14.7 Å². The van der Waals surface area contributed by atoms with Crippen LogP contribution < -0.4 is 14.4 Å². The van der Waals surface area contributed by atoms with E-state index in [1.807, 2.05) is 11.0 Å². The van der Waals surface area contributed by atoms with Crippen molar-refractivity contribution in [2.45, 2.75) is 13.0 Å². The third-order valence-electron chi connectivity index (χ3n) is 2.88. The van der Waals surface area contributed by atoms with Gasteiger partial charge in [-0.15, -0.1) is 0 Å². The fraction of sp³-hybridized carbons (Fsp3) is 0.385. The third kappa shape index (κ3) is 2.23. The molecule has 5 nitrogen and oxygen atoms in total. The fourth-order valence-electron chi connectivity index (χ4n) is 1.91. The number of nitriles is 1. The van der Waals surface area contributed by atoms with Gasteiger partial charge in [-0.1, -0.05) is 0 Å². The number of benzene rings is 1. The molecule has 1 atom stereocenters. The van der Waals surface area contributed by atoms with Crippen molar-refractivity contribution in [1.82, 2.24) is 0 Å². The quantitative estimate of drug-likeness (QED) is 0.754. The summed E-state index contributed by atoms with van der Waals surface area (Å²) >= 11 is 0. The SMILES string of the molecule is COc1ccc2c(c1)N(CC#N)CC(C(C)=O)O2. The average molecular weight is 246 g/mol. The van der Waals surface area contributed by atoms with Crippen LogP contribution in [0.4, 0.5) is 5.69 Å². The van der Waals surface area contributed by atoms with Crippen molar-refractivity contribution in [3.63, 3.8) is 0 Å². The largest absolute Gasteiger partial charge is 0.497 e. The van der Waals surface area contributed by atoms with Crippen molar-refractivity contribution in [3.8, 4) is 17.6 Å². The van der Waals surface area contributed by atoms with E-state index in [9.17, 15) is 4.79 Å². The fourth-order valence-corrected chi connectivity index (χ4v) is 1.91. The van der Waals surface area contributed by atoms with Crippen molar-refractivity contribution in [3.05, 3.63) is 18.2 Å². The molecular weight excluding hydrogens is 232 g/mol. The number of hydrogen-bond acceptors (Lipinski definition) is 5. The number of rotatable bonds is 3. The van der Waals surface area contributed by atoms with Crippen LogP contribution in [0.5, 0.6) is 11.5 Å². The predicted octanol–water partition coefficient (Wildman–Crippen LogP) is 1.38. The lowest BCUT2D eigenvalue weighted by molar-refractivity contribution is -0.123. The van der Waals surface area contributed by atoms with Crippen molar-refractivity contribution >= 4 is 11.5 Å². The topological polar surface area (TPSA) is 62.6 Å². The minimum Gasteiger partial charge on any atom is -0.497 e. The molecule has 18 heavy (non-hydrogen) atoms. The van der Waals surface area contributed by atoms with E-state index in [2.05, 4.69) is 6.07 Å². The second kappa shape index (κ2) is 4.96. The molecule has 1 aliphatic heterocycles. The monoisotopic (exact) mass is 246 g/mol. The summed E-state index contributed by atoms with van der Waals surface area (Å²) in [5.41, 5.74) is 0.786. The van der Waals surface area contributed by atoms with E-state index < -0.39 is 6.10 Å². The molecule has 0 bridgehead atoms. The van der Waals surface area contributed by atoms with Gasteiger partial charge in [0.25, 0.3) is 0 Å². The van der Waals surface area contributed by atoms with Crippen molar-refractivity contribution in [2.24, 2.45) is 0 Å². The molecule has 0 radical (unpaired) electrons. The summed E-state index contributed by atoms with van der Waals surface area (Å²) in [4.78, 5) is 13.2. The first-order valence-electron chi connectivity index (χ1n) is 5.62. The number of methoxy groups -OCH3 is 1. The lowest BCUT2D eigenvalue weighted by atomic mass is 10.1. The number of ether oxygens (including phenoxy) is 2. The van der Waals surface area contributed by atoms with Gasteiger partial charge in [-0.05, 0) is 19.1 Å². The molecule has 0 saturated carbocycles. The minimum atomic E-state index is -0.515. The zero-order valence-corrected chi connectivity index (χ0v) is 10.3. The number of anilines is 1. The van der Waals surface area contributed by atoms with Gasteiger partial charge in [0.15, 0.2) is 11.9 Å². The van der Waals surface area contributed by atoms with Gasteiger partial charge in [0, 0.05) is 6.07 Å². The Labute approximate surface area is 106 Å². The molecule has 0 spiro atoms. The van der Waals surface area contributed by atoms with Crippen molar-refractivity contribution < 1.29 is 14.3 Å². The highest BCUT2D eigenvalue weighted by atomic mass is 16.5. The van der Waals surface area contributed by atoms with Crippen LogP contribution in [0.2, 0.25) is 0 Å². The van der Waals surface area contributed by atoms with Crippen LogP contribution in [-0.4, -0.2) is 32.1 Å². The van der Waals surface area contributed by atoms with E-state index in [-0.39, 0.29) is 12.3 Å². The van der Waals surface area contributed by atoms with Gasteiger partial charge in [-0.2, -0.15) is 5.26 Å². The molecular formula is C13H14N2O3. The molecule has 0 amide bonds. The van der Waals surface area contributed by atoms with Crippen molar-refractivity contribution in [2.75, 3.05) is 25.1 Å². The normalized spacial score (nSPS) is 17.4. The van der Waals surface area contributed by atoms with Crippen LogP contribution in [0.15, 0.2) is 18.2 Å². The molecule has 5 heteroatoms. The molecule has 1 heterocycles. The highest BCUT2D eigenvalue weighted by molar-refractivity contribution is 5.83. The van der Waals surface area contributed by atoms with Gasteiger partial charge in [0.1, 0.15) is 18.0 Å². The highest BCUT2D eigenvalue weighted by Gasteiger charge is 2.28. The Hall–Kier alpha value is -2.22. The summed E-state index contributed by atoms with van der Waals surface area (Å²) in [5.74, 6) is 1.26. The molecule has 0 fully saturated rings. The Balaban J connectivity index is 2.38. The number of Topliss-reactive ketones (excluding diaryl/α,β-unsaturated/α-hetero) is 1. The molecule has 1 aromatic carbocycles. The average Bonchev–Trinajstić information content (AvgIpc) is 2.38. The summed E-state index contributed by atoms with van der Waals surface area (Å²) in [6, 6.07) is 7.43. The third-order valence-corrected chi connectivity index (χ3v) is 2.88. The first kappa shape index (κ1) is 12.2. The van der Waals surface area contributed by atoms with Crippen LogP contribution in [0.1, 0.15) is 6.92 Å². The zero-order chi connectivity index (χ0) is 13.1. The Kier molecular flexibility index (Phi) is 3.38. The molecule has 0 aromatic heterocycles. The van der Waals surface area contributed by atoms with E-state index in [1.165, 1.54) is 6.92 Å². The zero-order valence-electron chi connectivity index (χ0n) is 10.3. The summed E-state index contributed by atoms with van der Waals surface area (Å²) in [7, 11) is 1.58. The Morgan fingerprint density at radius 2 is 2.44 bits per heavy atom. The second-order valence-corrected chi connectivity index (χ2v) is 4.09. The van der Waals surface area contributed by atoms with Crippen molar-refractivity contribution in [1.29, 1.82) is 5.26 Å². The molecule has 1 unspecified atom stereocenters. The van der Waals surface area contributed by atoms with Crippen LogP contribution in [0.25, 0.3) is 0 Å². The van der Waals surface area contributed by atoms with Crippen LogP contribution in [0.3, 0.4) is 0 Å². The minimum absolute atomic E-state index is 0.0422. The molecule has 0 N–H and O–H groups in total. The van der Waals surface area contributed by atoms with Crippen LogP contribution >= 0.6 is 0 Å². The molecule has 1 aromatic rings.